The van der Waals surface area contributed by atoms with Gasteiger partial charge in [0.25, 0.3) is 0 Å². The zero-order valence-corrected chi connectivity index (χ0v) is 20.7. The fraction of sp³-hybridized carbons (Fsp3) is 0.321. The minimum atomic E-state index is -0.865. The molecule has 0 aliphatic carbocycles. The van der Waals surface area contributed by atoms with Crippen LogP contribution in [0.2, 0.25) is 0 Å². The van der Waals surface area contributed by atoms with Gasteiger partial charge in [-0.2, -0.15) is 0 Å². The van der Waals surface area contributed by atoms with Crippen molar-refractivity contribution in [3.63, 3.8) is 0 Å². The zero-order valence-electron chi connectivity index (χ0n) is 20.7. The Bertz CT molecular complexity index is 868. The predicted molar refractivity (Wildman–Crippen MR) is 137 cm³/mol. The molecular weight excluding hydrogens is 414 g/mol. The first kappa shape index (κ1) is 29.7. The fourth-order valence-corrected chi connectivity index (χ4v) is 2.05. The average Bonchev–Trinajstić information content (AvgIpc) is 2.77. The van der Waals surface area contributed by atoms with E-state index in [2.05, 4.69) is 58.8 Å². The Labute approximate surface area is 199 Å². The third-order valence-corrected chi connectivity index (χ3v) is 4.61. The van der Waals surface area contributed by atoms with Gasteiger partial charge in [0, 0.05) is 6.04 Å². The molecule has 0 amide bonds. The molecule has 0 aliphatic rings. The van der Waals surface area contributed by atoms with Crippen molar-refractivity contribution in [2.24, 2.45) is 0 Å². The van der Waals surface area contributed by atoms with Crippen molar-refractivity contribution in [2.45, 2.75) is 46.6 Å². The minimum absolute atomic E-state index is 0.000278. The molecule has 0 fully saturated rings. The van der Waals surface area contributed by atoms with Crippen molar-refractivity contribution >= 4 is 5.97 Å². The lowest BCUT2D eigenvalue weighted by atomic mass is 10.1. The van der Waals surface area contributed by atoms with E-state index in [0.29, 0.717) is 17.4 Å². The summed E-state index contributed by atoms with van der Waals surface area (Å²) in [6.07, 6.45) is 1.03. The summed E-state index contributed by atoms with van der Waals surface area (Å²) in [6.45, 7) is 8.51. The number of nitrogens with zero attached hydrogens (tertiary/aromatic N) is 1. The monoisotopic (exact) mass is 453 g/mol. The number of aryl methyl sites for hydroxylation is 2. The van der Waals surface area contributed by atoms with Crippen LogP contribution in [0.3, 0.4) is 0 Å². The van der Waals surface area contributed by atoms with E-state index in [-0.39, 0.29) is 12.2 Å². The van der Waals surface area contributed by atoms with Gasteiger partial charge in [-0.05, 0) is 76.7 Å². The summed E-state index contributed by atoms with van der Waals surface area (Å²) in [5.74, 6) is -0.373. The molecule has 0 bridgehead atoms. The van der Waals surface area contributed by atoms with E-state index in [1.807, 2.05) is 30.3 Å². The molecular formula is C28H39NO4. The molecule has 0 saturated carbocycles. The van der Waals surface area contributed by atoms with Crippen LogP contribution in [0, 0.1) is 6.92 Å². The molecule has 0 atom stereocenters. The summed E-state index contributed by atoms with van der Waals surface area (Å²) in [5, 5.41) is 26.1. The first-order chi connectivity index (χ1) is 15.5. The van der Waals surface area contributed by atoms with Crippen molar-refractivity contribution < 1.29 is 20.1 Å². The van der Waals surface area contributed by atoms with Crippen LogP contribution in [0.1, 0.15) is 37.5 Å². The summed E-state index contributed by atoms with van der Waals surface area (Å²) >= 11 is 0. The average molecular weight is 454 g/mol. The molecule has 0 heterocycles. The van der Waals surface area contributed by atoms with E-state index >= 15 is 0 Å². The summed E-state index contributed by atoms with van der Waals surface area (Å²) in [4.78, 5) is 12.4. The molecule has 3 N–H and O–H groups in total. The summed E-state index contributed by atoms with van der Waals surface area (Å²) in [7, 11) is 4.15. The first-order valence-electron chi connectivity index (χ1n) is 11.0. The zero-order chi connectivity index (χ0) is 25.2. The van der Waals surface area contributed by atoms with E-state index < -0.39 is 5.97 Å². The van der Waals surface area contributed by atoms with Crippen LogP contribution in [0.5, 0.6) is 11.5 Å². The normalized spacial score (nSPS) is 9.58. The van der Waals surface area contributed by atoms with E-state index in [1.165, 1.54) is 23.3 Å². The standard InChI is InChI=1S/C8H8O3.C8H10O.C7H8.C5H13N/c9-7-3-1-6(2-4-7)5-8(10)11;1-2-7-3-5-8(9)6-4-7;1-7-5-3-2-4-6-7;1-5(2)6(3)4/h1-4,9H,5H2,(H,10,11);3-6,9H,2H2,1H3;2-6H,1H3;5H,1-4H3. The van der Waals surface area contributed by atoms with Gasteiger partial charge >= 0.3 is 5.97 Å². The van der Waals surface area contributed by atoms with Gasteiger partial charge in [-0.1, -0.05) is 67.1 Å². The molecule has 5 nitrogen and oxygen atoms in total. The molecule has 0 aromatic heterocycles. The van der Waals surface area contributed by atoms with Gasteiger partial charge in [0.1, 0.15) is 11.5 Å². The molecule has 33 heavy (non-hydrogen) atoms. The van der Waals surface area contributed by atoms with Crippen LogP contribution in [0.4, 0.5) is 0 Å². The van der Waals surface area contributed by atoms with Crippen LogP contribution in [0.25, 0.3) is 0 Å². The lowest BCUT2D eigenvalue weighted by Crippen LogP contribution is -2.20. The van der Waals surface area contributed by atoms with Gasteiger partial charge in [-0.3, -0.25) is 4.79 Å². The molecule has 0 unspecified atom stereocenters. The number of phenolic OH excluding ortho intramolecular Hbond substituents is 2. The Balaban J connectivity index is 0.000000425. The maximum absolute atomic E-state index is 10.2. The highest BCUT2D eigenvalue weighted by Gasteiger charge is 1.98. The van der Waals surface area contributed by atoms with Crippen molar-refractivity contribution in [1.82, 2.24) is 4.90 Å². The third-order valence-electron chi connectivity index (χ3n) is 4.61. The van der Waals surface area contributed by atoms with Crippen LogP contribution < -0.4 is 0 Å². The van der Waals surface area contributed by atoms with Crippen LogP contribution in [-0.4, -0.2) is 46.3 Å². The molecule has 3 aromatic rings. The maximum atomic E-state index is 10.2. The van der Waals surface area contributed by atoms with E-state index in [4.69, 9.17) is 15.3 Å². The van der Waals surface area contributed by atoms with Gasteiger partial charge < -0.3 is 20.2 Å². The van der Waals surface area contributed by atoms with Crippen LogP contribution in [-0.2, 0) is 17.6 Å². The summed E-state index contributed by atoms with van der Waals surface area (Å²) in [6, 6.07) is 24.3. The Morgan fingerprint density at radius 3 is 1.45 bits per heavy atom. The fourth-order valence-electron chi connectivity index (χ4n) is 2.05. The van der Waals surface area contributed by atoms with Gasteiger partial charge in [0.2, 0.25) is 0 Å². The lowest BCUT2D eigenvalue weighted by molar-refractivity contribution is -0.136. The molecule has 5 heteroatoms. The number of phenols is 2. The van der Waals surface area contributed by atoms with Gasteiger partial charge in [0.05, 0.1) is 6.42 Å². The summed E-state index contributed by atoms with van der Waals surface area (Å²) < 4.78 is 0. The second-order valence-electron chi connectivity index (χ2n) is 7.97. The van der Waals surface area contributed by atoms with Crippen LogP contribution in [0.15, 0.2) is 78.9 Å². The molecule has 3 aromatic carbocycles. The maximum Gasteiger partial charge on any atom is 0.307 e. The number of benzene rings is 3. The number of aliphatic carboxylic acids is 1. The number of carboxylic acids is 1. The molecule has 0 spiro atoms. The van der Waals surface area contributed by atoms with E-state index in [9.17, 15) is 4.79 Å². The Morgan fingerprint density at radius 2 is 1.18 bits per heavy atom. The summed E-state index contributed by atoms with van der Waals surface area (Å²) in [5.41, 5.74) is 3.27. The molecule has 0 radical (unpaired) electrons. The highest BCUT2D eigenvalue weighted by Crippen LogP contribution is 2.10. The van der Waals surface area contributed by atoms with Crippen molar-refractivity contribution in [2.75, 3.05) is 14.1 Å². The largest absolute Gasteiger partial charge is 0.508 e. The van der Waals surface area contributed by atoms with Crippen molar-refractivity contribution in [1.29, 1.82) is 0 Å². The minimum Gasteiger partial charge on any atom is -0.508 e. The molecule has 3 rings (SSSR count). The molecule has 0 aliphatic heterocycles. The number of hydrogen-bond acceptors (Lipinski definition) is 4. The number of aromatic hydroxyl groups is 2. The Hall–Kier alpha value is -3.31. The number of carbonyl (C=O) groups is 1. The van der Waals surface area contributed by atoms with Crippen molar-refractivity contribution in [3.8, 4) is 11.5 Å². The highest BCUT2D eigenvalue weighted by atomic mass is 16.4. The second-order valence-corrected chi connectivity index (χ2v) is 7.97. The lowest BCUT2D eigenvalue weighted by Gasteiger charge is -2.12. The van der Waals surface area contributed by atoms with E-state index in [0.717, 1.165) is 6.42 Å². The molecule has 180 valence electrons. The SMILES string of the molecule is CC(C)N(C)C.CCc1ccc(O)cc1.Cc1ccccc1.O=C(O)Cc1ccc(O)cc1. The molecule has 0 saturated heterocycles. The number of carboxylic acid groups (broad SMARTS) is 1. The third kappa shape index (κ3) is 17.0. The van der Waals surface area contributed by atoms with Gasteiger partial charge in [-0.25, -0.2) is 0 Å². The Kier molecular flexibility index (Phi) is 15.5. The number of hydrogen-bond donors (Lipinski definition) is 3. The highest BCUT2D eigenvalue weighted by molar-refractivity contribution is 5.70. The van der Waals surface area contributed by atoms with Gasteiger partial charge in [0.15, 0.2) is 0 Å². The predicted octanol–water partition coefficient (Wildman–Crippen LogP) is 5.93. The number of rotatable bonds is 4. The second kappa shape index (κ2) is 17.3. The first-order valence-corrected chi connectivity index (χ1v) is 11.0. The van der Waals surface area contributed by atoms with Crippen LogP contribution >= 0.6 is 0 Å². The quantitative estimate of drug-likeness (QED) is 0.456. The smallest absolute Gasteiger partial charge is 0.307 e. The van der Waals surface area contributed by atoms with Crippen molar-refractivity contribution in [3.05, 3.63) is 95.6 Å². The van der Waals surface area contributed by atoms with Gasteiger partial charge in [-0.15, -0.1) is 0 Å². The Morgan fingerprint density at radius 1 is 0.788 bits per heavy atom. The topological polar surface area (TPSA) is 81.0 Å². The van der Waals surface area contributed by atoms with E-state index in [1.54, 1.807) is 24.3 Å².